The molecule has 1 aromatic heterocycles. The van der Waals surface area contributed by atoms with Crippen LogP contribution in [0.3, 0.4) is 0 Å². The summed E-state index contributed by atoms with van der Waals surface area (Å²) in [7, 11) is 1.84. The zero-order valence-electron chi connectivity index (χ0n) is 7.78. The number of nitrogens with zero attached hydrogens (tertiary/aromatic N) is 3. The third-order valence-corrected chi connectivity index (χ3v) is 3.26. The number of hydrogen-bond acceptors (Lipinski definition) is 2. The molecule has 0 radical (unpaired) electrons. The Balaban J connectivity index is 1.97. The molecule has 2 atom stereocenters. The summed E-state index contributed by atoms with van der Waals surface area (Å²) in [5.74, 6) is 0.610. The van der Waals surface area contributed by atoms with Crippen LogP contribution < -0.4 is 0 Å². The lowest BCUT2D eigenvalue weighted by molar-refractivity contribution is 0.537. The summed E-state index contributed by atoms with van der Waals surface area (Å²) < 4.78 is 0. The average Bonchev–Trinajstić information content (AvgIpc) is 2.64. The number of aromatic nitrogens is 3. The summed E-state index contributed by atoms with van der Waals surface area (Å²) in [6.45, 7) is 0. The van der Waals surface area contributed by atoms with Gasteiger partial charge in [-0.15, -0.1) is 11.6 Å². The first-order valence-electron chi connectivity index (χ1n) is 4.75. The molecule has 1 saturated carbocycles. The van der Waals surface area contributed by atoms with E-state index in [1.54, 1.807) is 4.80 Å². The summed E-state index contributed by atoms with van der Waals surface area (Å²) in [5, 5.41) is 8.65. The van der Waals surface area contributed by atoms with Gasteiger partial charge in [0.2, 0.25) is 0 Å². The van der Waals surface area contributed by atoms with E-state index in [4.69, 9.17) is 11.6 Å². The topological polar surface area (TPSA) is 30.7 Å². The van der Waals surface area contributed by atoms with Gasteiger partial charge in [0, 0.05) is 12.4 Å². The summed E-state index contributed by atoms with van der Waals surface area (Å²) in [6.07, 6.45) is 6.49. The molecule has 0 N–H and O–H groups in total. The largest absolute Gasteiger partial charge is 0.188 e. The van der Waals surface area contributed by atoms with Gasteiger partial charge in [0.1, 0.15) is 0 Å². The first kappa shape index (κ1) is 9.00. The van der Waals surface area contributed by atoms with E-state index in [0.717, 1.165) is 18.5 Å². The van der Waals surface area contributed by atoms with E-state index in [1.807, 2.05) is 13.2 Å². The van der Waals surface area contributed by atoms with Crippen LogP contribution in [0.4, 0.5) is 0 Å². The lowest BCUT2D eigenvalue weighted by atomic mass is 10.0. The number of alkyl halides is 1. The zero-order valence-corrected chi connectivity index (χ0v) is 8.54. The fourth-order valence-electron chi connectivity index (χ4n) is 1.97. The molecule has 0 aromatic carbocycles. The molecule has 1 aliphatic carbocycles. The summed E-state index contributed by atoms with van der Waals surface area (Å²) >= 11 is 6.18. The predicted octanol–water partition coefficient (Wildman–Crippen LogP) is 1.77. The molecule has 0 aliphatic heterocycles. The molecule has 1 fully saturated rings. The van der Waals surface area contributed by atoms with E-state index >= 15 is 0 Å². The highest BCUT2D eigenvalue weighted by atomic mass is 35.5. The van der Waals surface area contributed by atoms with E-state index < -0.39 is 0 Å². The highest BCUT2D eigenvalue weighted by Crippen LogP contribution is 2.32. The fourth-order valence-corrected chi connectivity index (χ4v) is 2.34. The number of halogens is 1. The molecule has 2 unspecified atom stereocenters. The van der Waals surface area contributed by atoms with Crippen molar-refractivity contribution in [2.45, 2.75) is 31.1 Å². The van der Waals surface area contributed by atoms with Crippen LogP contribution in [0.15, 0.2) is 6.20 Å². The van der Waals surface area contributed by atoms with Crippen LogP contribution in [0.25, 0.3) is 0 Å². The maximum Gasteiger partial charge on any atom is 0.0830 e. The van der Waals surface area contributed by atoms with Gasteiger partial charge < -0.3 is 0 Å². The Kier molecular flexibility index (Phi) is 2.54. The van der Waals surface area contributed by atoms with Gasteiger partial charge in [-0.05, 0) is 25.2 Å². The van der Waals surface area contributed by atoms with Gasteiger partial charge >= 0.3 is 0 Å². The van der Waals surface area contributed by atoms with Gasteiger partial charge in [-0.1, -0.05) is 6.42 Å². The Morgan fingerprint density at radius 2 is 2.46 bits per heavy atom. The Morgan fingerprint density at radius 1 is 1.62 bits per heavy atom. The van der Waals surface area contributed by atoms with Crippen LogP contribution >= 0.6 is 11.6 Å². The normalized spacial score (nSPS) is 28.2. The fraction of sp³-hybridized carbons (Fsp3) is 0.778. The van der Waals surface area contributed by atoms with Crippen molar-refractivity contribution in [3.63, 3.8) is 0 Å². The zero-order chi connectivity index (χ0) is 9.26. The molecule has 1 heterocycles. The molecule has 3 nitrogen and oxygen atoms in total. The standard InChI is InChI=1S/C9H14ClN3/c1-13-11-6-8(12-13)5-7-3-2-4-9(7)10/h6-7,9H,2-5H2,1H3. The number of aryl methyl sites for hydroxylation is 1. The average molecular weight is 200 g/mol. The van der Waals surface area contributed by atoms with E-state index in [9.17, 15) is 0 Å². The van der Waals surface area contributed by atoms with Crippen LogP contribution in [-0.4, -0.2) is 20.4 Å². The van der Waals surface area contributed by atoms with Gasteiger partial charge in [0.05, 0.1) is 11.9 Å². The molecule has 0 saturated heterocycles. The summed E-state index contributed by atoms with van der Waals surface area (Å²) in [5.41, 5.74) is 1.07. The van der Waals surface area contributed by atoms with Gasteiger partial charge in [0.15, 0.2) is 0 Å². The Bertz CT molecular complexity index is 284. The van der Waals surface area contributed by atoms with Crippen LogP contribution in [-0.2, 0) is 13.5 Å². The quantitative estimate of drug-likeness (QED) is 0.680. The molecule has 4 heteroatoms. The van der Waals surface area contributed by atoms with E-state index in [1.165, 1.54) is 12.8 Å². The SMILES string of the molecule is Cn1ncc(CC2CCCC2Cl)n1. The van der Waals surface area contributed by atoms with Crippen molar-refractivity contribution in [2.24, 2.45) is 13.0 Å². The molecular weight excluding hydrogens is 186 g/mol. The Hall–Kier alpha value is -0.570. The first-order chi connectivity index (χ1) is 6.25. The molecule has 1 aromatic rings. The second kappa shape index (κ2) is 3.66. The van der Waals surface area contributed by atoms with Crippen LogP contribution in [0.1, 0.15) is 25.0 Å². The number of rotatable bonds is 2. The molecular formula is C9H14ClN3. The van der Waals surface area contributed by atoms with Gasteiger partial charge in [-0.3, -0.25) is 0 Å². The molecule has 13 heavy (non-hydrogen) atoms. The highest BCUT2D eigenvalue weighted by Gasteiger charge is 2.25. The van der Waals surface area contributed by atoms with Gasteiger partial charge in [0.25, 0.3) is 0 Å². The number of hydrogen-bond donors (Lipinski definition) is 0. The molecule has 0 amide bonds. The minimum Gasteiger partial charge on any atom is -0.188 e. The van der Waals surface area contributed by atoms with Crippen molar-refractivity contribution in [3.8, 4) is 0 Å². The molecule has 2 rings (SSSR count). The molecule has 72 valence electrons. The third-order valence-electron chi connectivity index (χ3n) is 2.68. The Morgan fingerprint density at radius 3 is 3.00 bits per heavy atom. The van der Waals surface area contributed by atoms with Crippen molar-refractivity contribution < 1.29 is 0 Å². The highest BCUT2D eigenvalue weighted by molar-refractivity contribution is 6.20. The summed E-state index contributed by atoms with van der Waals surface area (Å²) in [4.78, 5) is 1.60. The smallest absolute Gasteiger partial charge is 0.0830 e. The Labute approximate surface area is 83.1 Å². The van der Waals surface area contributed by atoms with Crippen molar-refractivity contribution in [1.82, 2.24) is 15.0 Å². The molecule has 0 bridgehead atoms. The predicted molar refractivity (Wildman–Crippen MR) is 51.7 cm³/mol. The maximum atomic E-state index is 6.18. The summed E-state index contributed by atoms with van der Waals surface area (Å²) in [6, 6.07) is 0. The second-order valence-corrected chi connectivity index (χ2v) is 4.30. The second-order valence-electron chi connectivity index (χ2n) is 3.74. The maximum absolute atomic E-state index is 6.18. The van der Waals surface area contributed by atoms with Crippen molar-refractivity contribution in [3.05, 3.63) is 11.9 Å². The van der Waals surface area contributed by atoms with E-state index in [2.05, 4.69) is 10.2 Å². The van der Waals surface area contributed by atoms with Crippen LogP contribution in [0, 0.1) is 5.92 Å². The molecule has 1 aliphatic rings. The van der Waals surface area contributed by atoms with E-state index in [0.29, 0.717) is 11.3 Å². The van der Waals surface area contributed by atoms with Crippen LogP contribution in [0.2, 0.25) is 0 Å². The lowest BCUT2D eigenvalue weighted by Gasteiger charge is -2.10. The minimum atomic E-state index is 0.349. The van der Waals surface area contributed by atoms with Gasteiger partial charge in [-0.25, -0.2) is 0 Å². The minimum absolute atomic E-state index is 0.349. The van der Waals surface area contributed by atoms with Crippen molar-refractivity contribution in [2.75, 3.05) is 0 Å². The molecule has 0 spiro atoms. The lowest BCUT2D eigenvalue weighted by Crippen LogP contribution is -2.10. The van der Waals surface area contributed by atoms with Gasteiger partial charge in [-0.2, -0.15) is 15.0 Å². The van der Waals surface area contributed by atoms with Crippen molar-refractivity contribution >= 4 is 11.6 Å². The van der Waals surface area contributed by atoms with Crippen LogP contribution in [0.5, 0.6) is 0 Å². The van der Waals surface area contributed by atoms with Crippen molar-refractivity contribution in [1.29, 1.82) is 0 Å². The van der Waals surface area contributed by atoms with E-state index in [-0.39, 0.29) is 0 Å². The monoisotopic (exact) mass is 199 g/mol. The first-order valence-corrected chi connectivity index (χ1v) is 5.18. The third kappa shape index (κ3) is 2.02.